The van der Waals surface area contributed by atoms with Gasteiger partial charge in [0.05, 0.1) is 10.6 Å². The van der Waals surface area contributed by atoms with Gasteiger partial charge in [-0.1, -0.05) is 48.0 Å². The zero-order valence-electron chi connectivity index (χ0n) is 17.2. The topological polar surface area (TPSA) is 68.2 Å². The number of aryl methyl sites for hydroxylation is 1. The van der Waals surface area contributed by atoms with E-state index < -0.39 is 27.4 Å². The third kappa shape index (κ3) is 4.55. The minimum Gasteiger partial charge on any atom is -0.337 e. The van der Waals surface area contributed by atoms with Crippen molar-refractivity contribution in [2.45, 2.75) is 24.1 Å². The molecule has 3 aromatic carbocycles. The second kappa shape index (κ2) is 8.55. The Morgan fingerprint density at radius 1 is 0.969 bits per heavy atom. The number of aromatic nitrogens is 1. The van der Waals surface area contributed by atoms with E-state index in [9.17, 15) is 22.0 Å². The number of carbonyl (C=O) groups is 1. The molecule has 1 aromatic heterocycles. The van der Waals surface area contributed by atoms with Crippen LogP contribution in [0.1, 0.15) is 11.1 Å². The summed E-state index contributed by atoms with van der Waals surface area (Å²) in [6, 6.07) is 17.2. The zero-order valence-corrected chi connectivity index (χ0v) is 18.0. The van der Waals surface area contributed by atoms with Gasteiger partial charge in [-0.05, 0) is 30.7 Å². The first-order valence-corrected chi connectivity index (χ1v) is 11.5. The molecule has 0 radical (unpaired) electrons. The van der Waals surface area contributed by atoms with Crippen molar-refractivity contribution in [3.8, 4) is 0 Å². The maximum absolute atomic E-state index is 13.4. The van der Waals surface area contributed by atoms with E-state index in [1.165, 1.54) is 16.8 Å². The van der Waals surface area contributed by atoms with E-state index >= 15 is 0 Å². The summed E-state index contributed by atoms with van der Waals surface area (Å²) in [5.41, 5.74) is 2.39. The van der Waals surface area contributed by atoms with E-state index in [4.69, 9.17) is 0 Å². The van der Waals surface area contributed by atoms with Gasteiger partial charge >= 0.3 is 0 Å². The quantitative estimate of drug-likeness (QED) is 0.453. The van der Waals surface area contributed by atoms with Crippen molar-refractivity contribution in [3.05, 3.63) is 95.7 Å². The zero-order chi connectivity index (χ0) is 22.9. The van der Waals surface area contributed by atoms with E-state index in [2.05, 4.69) is 5.32 Å². The van der Waals surface area contributed by atoms with E-state index in [0.29, 0.717) is 16.5 Å². The first kappa shape index (κ1) is 21.7. The highest BCUT2D eigenvalue weighted by Crippen LogP contribution is 2.28. The highest BCUT2D eigenvalue weighted by atomic mass is 32.2. The van der Waals surface area contributed by atoms with Crippen LogP contribution in [0.5, 0.6) is 0 Å². The molecule has 0 atom stereocenters. The van der Waals surface area contributed by atoms with Crippen LogP contribution in [0.3, 0.4) is 0 Å². The first-order chi connectivity index (χ1) is 15.2. The average Bonchev–Trinajstić information content (AvgIpc) is 3.12. The fourth-order valence-electron chi connectivity index (χ4n) is 3.50. The monoisotopic (exact) mass is 454 g/mol. The lowest BCUT2D eigenvalue weighted by Gasteiger charge is -2.07. The second-order valence-electron chi connectivity index (χ2n) is 7.56. The van der Waals surface area contributed by atoms with Gasteiger partial charge in [0.15, 0.2) is 21.5 Å². The molecule has 0 saturated carbocycles. The molecule has 0 aliphatic heterocycles. The summed E-state index contributed by atoms with van der Waals surface area (Å²) >= 11 is 0. The predicted molar refractivity (Wildman–Crippen MR) is 119 cm³/mol. The summed E-state index contributed by atoms with van der Waals surface area (Å²) in [4.78, 5) is 12.6. The van der Waals surface area contributed by atoms with Gasteiger partial charge in [0, 0.05) is 28.9 Å². The molecule has 0 saturated heterocycles. The number of anilines is 1. The summed E-state index contributed by atoms with van der Waals surface area (Å²) in [7, 11) is -3.68. The Bertz CT molecular complexity index is 1410. The highest BCUT2D eigenvalue weighted by molar-refractivity contribution is 7.90. The summed E-state index contributed by atoms with van der Waals surface area (Å²) in [5.74, 6) is -2.75. The van der Waals surface area contributed by atoms with Crippen molar-refractivity contribution in [3.63, 3.8) is 0 Å². The molecule has 1 N–H and O–H groups in total. The van der Waals surface area contributed by atoms with Gasteiger partial charge in [0.2, 0.25) is 5.91 Å². The number of para-hydroxylation sites is 1. The van der Waals surface area contributed by atoms with Crippen LogP contribution in [-0.2, 0) is 26.9 Å². The van der Waals surface area contributed by atoms with Gasteiger partial charge in [-0.25, -0.2) is 17.2 Å². The second-order valence-corrected chi connectivity index (χ2v) is 9.52. The van der Waals surface area contributed by atoms with Gasteiger partial charge in [-0.15, -0.1) is 0 Å². The van der Waals surface area contributed by atoms with Crippen molar-refractivity contribution in [1.29, 1.82) is 0 Å². The third-order valence-electron chi connectivity index (χ3n) is 5.08. The van der Waals surface area contributed by atoms with Gasteiger partial charge in [-0.2, -0.15) is 0 Å². The average molecular weight is 454 g/mol. The van der Waals surface area contributed by atoms with Gasteiger partial charge in [-0.3, -0.25) is 4.79 Å². The number of fused-ring (bicyclic) bond motifs is 1. The van der Waals surface area contributed by atoms with Crippen LogP contribution in [0.25, 0.3) is 10.9 Å². The van der Waals surface area contributed by atoms with Crippen LogP contribution in [0.2, 0.25) is 0 Å². The van der Waals surface area contributed by atoms with Crippen molar-refractivity contribution in [2.24, 2.45) is 0 Å². The van der Waals surface area contributed by atoms with Crippen LogP contribution >= 0.6 is 0 Å². The van der Waals surface area contributed by atoms with Crippen molar-refractivity contribution >= 4 is 32.3 Å². The van der Waals surface area contributed by atoms with Crippen LogP contribution in [0.4, 0.5) is 14.5 Å². The van der Waals surface area contributed by atoms with Crippen molar-refractivity contribution in [2.75, 3.05) is 5.32 Å². The normalized spacial score (nSPS) is 11.6. The minimum absolute atomic E-state index is 0.109. The molecule has 5 nitrogen and oxygen atoms in total. The molecule has 0 spiro atoms. The van der Waals surface area contributed by atoms with E-state index in [1.807, 2.05) is 19.1 Å². The Morgan fingerprint density at radius 2 is 1.69 bits per heavy atom. The molecule has 4 aromatic rings. The number of halogens is 2. The first-order valence-electron chi connectivity index (χ1n) is 9.84. The van der Waals surface area contributed by atoms with Crippen LogP contribution < -0.4 is 5.32 Å². The lowest BCUT2D eigenvalue weighted by atomic mass is 10.2. The molecule has 1 heterocycles. The fraction of sp³-hybridized carbons (Fsp3) is 0.125. The van der Waals surface area contributed by atoms with Crippen LogP contribution in [0, 0.1) is 18.6 Å². The minimum atomic E-state index is -3.68. The molecule has 0 bridgehead atoms. The smallest absolute Gasteiger partial charge is 0.244 e. The lowest BCUT2D eigenvalue weighted by molar-refractivity contribution is -0.116. The Morgan fingerprint density at radius 3 is 2.41 bits per heavy atom. The van der Waals surface area contributed by atoms with Crippen molar-refractivity contribution < 1.29 is 22.0 Å². The number of amides is 1. The number of rotatable bonds is 6. The molecular formula is C24H20F2N2O3S. The molecule has 8 heteroatoms. The number of sulfone groups is 1. The summed E-state index contributed by atoms with van der Waals surface area (Å²) in [6.07, 6.45) is 1.44. The van der Waals surface area contributed by atoms with E-state index in [1.54, 1.807) is 36.4 Å². The Hall–Kier alpha value is -3.52. The summed E-state index contributed by atoms with van der Waals surface area (Å²) in [6.45, 7) is 1.73. The molecule has 164 valence electrons. The molecule has 4 rings (SSSR count). The molecule has 0 aliphatic carbocycles. The van der Waals surface area contributed by atoms with E-state index in [-0.39, 0.29) is 22.9 Å². The molecule has 0 fully saturated rings. The Balaban J connectivity index is 1.62. The van der Waals surface area contributed by atoms with Crippen LogP contribution in [0.15, 0.2) is 77.8 Å². The third-order valence-corrected chi connectivity index (χ3v) is 6.79. The van der Waals surface area contributed by atoms with Crippen LogP contribution in [-0.4, -0.2) is 18.9 Å². The maximum atomic E-state index is 13.4. The highest BCUT2D eigenvalue weighted by Gasteiger charge is 2.22. The number of hydrogen-bond donors (Lipinski definition) is 1. The number of nitrogens with one attached hydrogen (secondary N) is 1. The maximum Gasteiger partial charge on any atom is 0.244 e. The molecule has 0 unspecified atom stereocenters. The number of carbonyl (C=O) groups excluding carboxylic acids is 1. The largest absolute Gasteiger partial charge is 0.337 e. The predicted octanol–water partition coefficient (Wildman–Crippen LogP) is 4.84. The summed E-state index contributed by atoms with van der Waals surface area (Å²) in [5, 5.41) is 3.01. The molecular weight excluding hydrogens is 434 g/mol. The Labute approximate surface area is 184 Å². The number of hydrogen-bond acceptors (Lipinski definition) is 3. The van der Waals surface area contributed by atoms with E-state index in [0.717, 1.165) is 17.7 Å². The summed E-state index contributed by atoms with van der Waals surface area (Å²) < 4.78 is 54.4. The standard InChI is InChI=1S/C24H20F2N2O3S/c1-16-6-8-17(9-7-16)15-32(30,31)23-13-28(22-5-3-2-4-19(22)23)14-24(29)27-18-10-11-20(25)21(26)12-18/h2-13H,14-15H2,1H3,(H,27,29). The van der Waals surface area contributed by atoms with Gasteiger partial charge in [0.1, 0.15) is 6.54 Å². The van der Waals surface area contributed by atoms with Crippen molar-refractivity contribution in [1.82, 2.24) is 4.57 Å². The Kier molecular flexibility index (Phi) is 5.80. The number of nitrogens with zero attached hydrogens (tertiary/aromatic N) is 1. The SMILES string of the molecule is Cc1ccc(CS(=O)(=O)c2cn(CC(=O)Nc3ccc(F)c(F)c3)c3ccccc23)cc1. The number of benzene rings is 3. The lowest BCUT2D eigenvalue weighted by Crippen LogP contribution is -2.18. The molecule has 32 heavy (non-hydrogen) atoms. The molecule has 0 aliphatic rings. The van der Waals surface area contributed by atoms with Gasteiger partial charge < -0.3 is 9.88 Å². The molecule has 1 amide bonds. The van der Waals surface area contributed by atoms with Gasteiger partial charge in [0.25, 0.3) is 0 Å². The fourth-order valence-corrected chi connectivity index (χ4v) is 5.08.